The monoisotopic (exact) mass is 418 g/mol. The summed E-state index contributed by atoms with van der Waals surface area (Å²) in [6, 6.07) is -0.788. The molecule has 7 nitrogen and oxygen atoms in total. The Hall–Kier alpha value is -1.60. The summed E-state index contributed by atoms with van der Waals surface area (Å²) in [4.78, 5) is 43.5. The van der Waals surface area contributed by atoms with E-state index in [-0.39, 0.29) is 41.6 Å². The Bertz CT molecular complexity index is 448. The van der Waals surface area contributed by atoms with Gasteiger partial charge in [-0.05, 0) is 26.8 Å². The van der Waals surface area contributed by atoms with Gasteiger partial charge < -0.3 is 16.2 Å². The number of carbonyl (C=O) groups excluding carboxylic acids is 3. The van der Waals surface area contributed by atoms with Gasteiger partial charge >= 0.3 is 5.97 Å². The molecule has 0 aliphatic carbocycles. The molecular weight excluding hydrogens is 372 g/mol. The van der Waals surface area contributed by atoms with Crippen LogP contribution in [0, 0.1) is 11.8 Å². The van der Waals surface area contributed by atoms with Crippen molar-refractivity contribution in [2.75, 3.05) is 7.05 Å². The Morgan fingerprint density at radius 2 is 1.31 bits per heavy atom. The zero-order valence-electron chi connectivity index (χ0n) is 20.3. The molecule has 0 aliphatic heterocycles. The lowest BCUT2D eigenvalue weighted by Gasteiger charge is -2.12. The van der Waals surface area contributed by atoms with Crippen molar-refractivity contribution in [2.45, 2.75) is 100 Å². The van der Waals surface area contributed by atoms with Gasteiger partial charge in [0.1, 0.15) is 11.6 Å². The first-order valence-corrected chi connectivity index (χ1v) is 10.6. The van der Waals surface area contributed by atoms with Crippen LogP contribution in [0.2, 0.25) is 0 Å². The molecule has 0 saturated carbocycles. The molecule has 7 heteroatoms. The molecular formula is C22H46N2O5. The van der Waals surface area contributed by atoms with Gasteiger partial charge in [-0.1, -0.05) is 55.4 Å². The zero-order chi connectivity index (χ0) is 24.2. The molecule has 0 rings (SSSR count). The molecule has 0 aromatic heterocycles. The Morgan fingerprint density at radius 1 is 0.862 bits per heavy atom. The number of hydrogen-bond acceptors (Lipinski definition) is 6. The van der Waals surface area contributed by atoms with E-state index >= 15 is 0 Å². The van der Waals surface area contributed by atoms with E-state index in [0.717, 1.165) is 0 Å². The lowest BCUT2D eigenvalue weighted by Crippen LogP contribution is -2.34. The normalized spacial score (nSPS) is 11.6. The summed E-state index contributed by atoms with van der Waals surface area (Å²) in [5.41, 5.74) is 5.66. The number of nitrogens with one attached hydrogen (secondary N) is 1. The maximum Gasteiger partial charge on any atom is 0.303 e. The minimum absolute atomic E-state index is 0.0197. The number of Topliss-reactive ketones (excluding diaryl/α,β-unsaturated/α-hetero) is 3. The molecule has 0 aliphatic rings. The molecule has 0 amide bonds. The highest BCUT2D eigenvalue weighted by atomic mass is 16.4. The smallest absolute Gasteiger partial charge is 0.303 e. The second kappa shape index (κ2) is 22.7. The summed E-state index contributed by atoms with van der Waals surface area (Å²) in [6.07, 6.45) is 1.29. The van der Waals surface area contributed by atoms with E-state index in [1.165, 1.54) is 6.92 Å². The van der Waals surface area contributed by atoms with Gasteiger partial charge in [0.15, 0.2) is 5.78 Å². The van der Waals surface area contributed by atoms with Crippen LogP contribution in [0.4, 0.5) is 0 Å². The van der Waals surface area contributed by atoms with E-state index in [0.29, 0.717) is 19.3 Å². The van der Waals surface area contributed by atoms with E-state index in [2.05, 4.69) is 5.32 Å². The molecule has 0 aromatic rings. The molecule has 174 valence electrons. The van der Waals surface area contributed by atoms with Crippen molar-refractivity contribution in [3.63, 3.8) is 0 Å². The fourth-order valence-corrected chi connectivity index (χ4v) is 1.98. The van der Waals surface area contributed by atoms with Crippen LogP contribution in [0.3, 0.4) is 0 Å². The van der Waals surface area contributed by atoms with Gasteiger partial charge in [-0.15, -0.1) is 0 Å². The van der Waals surface area contributed by atoms with E-state index < -0.39 is 12.0 Å². The summed E-state index contributed by atoms with van der Waals surface area (Å²) in [7, 11) is 1.65. The quantitative estimate of drug-likeness (QED) is 0.467. The predicted octanol–water partition coefficient (Wildman–Crippen LogP) is 3.62. The van der Waals surface area contributed by atoms with Gasteiger partial charge in [0.2, 0.25) is 0 Å². The van der Waals surface area contributed by atoms with Crippen LogP contribution in [0.5, 0.6) is 0 Å². The molecule has 0 bridgehead atoms. The van der Waals surface area contributed by atoms with Crippen molar-refractivity contribution < 1.29 is 24.3 Å². The largest absolute Gasteiger partial charge is 0.481 e. The molecule has 0 saturated heterocycles. The summed E-state index contributed by atoms with van der Waals surface area (Å²) in [5, 5.41) is 11.0. The topological polar surface area (TPSA) is 127 Å². The van der Waals surface area contributed by atoms with Gasteiger partial charge in [-0.2, -0.15) is 0 Å². The van der Waals surface area contributed by atoms with E-state index in [1.807, 2.05) is 55.4 Å². The molecule has 0 aromatic carbocycles. The SMILES string of the molecule is CC.CC.CC(C)C(=O)CCC(N)C(=O)C(C)C.CNC(CCC(=O)O)C(C)=O. The Balaban J connectivity index is -0.000000187. The van der Waals surface area contributed by atoms with Crippen LogP contribution in [-0.2, 0) is 19.2 Å². The first-order valence-electron chi connectivity index (χ1n) is 10.6. The first kappa shape index (κ1) is 34.9. The minimum atomic E-state index is -0.869. The Morgan fingerprint density at radius 3 is 1.59 bits per heavy atom. The summed E-state index contributed by atoms with van der Waals surface area (Å²) < 4.78 is 0. The van der Waals surface area contributed by atoms with Crippen molar-refractivity contribution in [3.05, 3.63) is 0 Å². The minimum Gasteiger partial charge on any atom is -0.481 e. The summed E-state index contributed by atoms with van der Waals surface area (Å²) >= 11 is 0. The Labute approximate surface area is 178 Å². The number of hydrogen-bond donors (Lipinski definition) is 3. The van der Waals surface area contributed by atoms with Crippen LogP contribution in [-0.4, -0.2) is 47.6 Å². The van der Waals surface area contributed by atoms with Crippen molar-refractivity contribution >= 4 is 23.3 Å². The summed E-state index contributed by atoms with van der Waals surface area (Å²) in [6.45, 7) is 16.8. The van der Waals surface area contributed by atoms with Crippen molar-refractivity contribution in [1.29, 1.82) is 0 Å². The third kappa shape index (κ3) is 22.6. The molecule has 2 unspecified atom stereocenters. The van der Waals surface area contributed by atoms with E-state index in [4.69, 9.17) is 10.8 Å². The lowest BCUT2D eigenvalue weighted by molar-refractivity contribution is -0.137. The standard InChI is InChI=1S/C11H21NO2.C7H13NO3.2C2H6/c1-7(2)10(13)6-5-9(12)11(14)8(3)4;1-5(9)6(8-2)3-4-7(10)11;2*1-2/h7-9H,5-6,12H2,1-4H3;6,8H,3-4H2,1-2H3,(H,10,11);2*1-2H3. The number of nitrogens with two attached hydrogens (primary N) is 1. The van der Waals surface area contributed by atoms with Crippen LogP contribution in [0.15, 0.2) is 0 Å². The van der Waals surface area contributed by atoms with Crippen molar-refractivity contribution in [1.82, 2.24) is 5.32 Å². The van der Waals surface area contributed by atoms with Gasteiger partial charge in [0.05, 0.1) is 12.1 Å². The number of likely N-dealkylation sites (N-methyl/N-ethyl adjacent to an activating group) is 1. The zero-order valence-corrected chi connectivity index (χ0v) is 20.3. The highest BCUT2D eigenvalue weighted by Gasteiger charge is 2.18. The van der Waals surface area contributed by atoms with Gasteiger partial charge in [0.25, 0.3) is 0 Å². The molecule has 0 radical (unpaired) electrons. The van der Waals surface area contributed by atoms with E-state index in [9.17, 15) is 19.2 Å². The summed E-state index contributed by atoms with van der Waals surface area (Å²) in [5.74, 6) is -0.672. The number of carbonyl (C=O) groups is 4. The van der Waals surface area contributed by atoms with Crippen LogP contribution in [0.25, 0.3) is 0 Å². The molecule has 4 N–H and O–H groups in total. The molecule has 2 atom stereocenters. The fraction of sp³-hybridized carbons (Fsp3) is 0.818. The number of carboxylic acid groups (broad SMARTS) is 1. The Kier molecular flexibility index (Phi) is 27.3. The van der Waals surface area contributed by atoms with Gasteiger partial charge in [0, 0.05) is 24.7 Å². The van der Waals surface area contributed by atoms with Crippen LogP contribution in [0.1, 0.15) is 88.0 Å². The third-order valence-corrected chi connectivity index (χ3v) is 3.77. The molecule has 29 heavy (non-hydrogen) atoms. The second-order valence-corrected chi connectivity index (χ2v) is 6.71. The number of rotatable bonds is 11. The fourth-order valence-electron chi connectivity index (χ4n) is 1.98. The highest BCUT2D eigenvalue weighted by molar-refractivity contribution is 5.86. The van der Waals surface area contributed by atoms with Crippen LogP contribution < -0.4 is 11.1 Å². The van der Waals surface area contributed by atoms with Crippen molar-refractivity contribution in [2.24, 2.45) is 17.6 Å². The molecule has 0 fully saturated rings. The number of aliphatic carboxylic acids is 1. The average Bonchev–Trinajstić information content (AvgIpc) is 2.68. The molecule has 0 heterocycles. The number of ketones is 3. The molecule has 0 spiro atoms. The number of carboxylic acids is 1. The van der Waals surface area contributed by atoms with Gasteiger partial charge in [-0.3, -0.25) is 19.2 Å². The average molecular weight is 419 g/mol. The highest BCUT2D eigenvalue weighted by Crippen LogP contribution is 2.07. The van der Waals surface area contributed by atoms with Crippen molar-refractivity contribution in [3.8, 4) is 0 Å². The van der Waals surface area contributed by atoms with E-state index in [1.54, 1.807) is 7.05 Å². The maximum atomic E-state index is 11.4. The lowest BCUT2D eigenvalue weighted by atomic mass is 9.95. The maximum absolute atomic E-state index is 11.4. The van der Waals surface area contributed by atoms with Gasteiger partial charge in [-0.25, -0.2) is 0 Å². The third-order valence-electron chi connectivity index (χ3n) is 3.77. The second-order valence-electron chi connectivity index (χ2n) is 6.71. The predicted molar refractivity (Wildman–Crippen MR) is 120 cm³/mol. The first-order chi connectivity index (χ1) is 13.4. The van der Waals surface area contributed by atoms with Crippen LogP contribution >= 0.6 is 0 Å².